The topological polar surface area (TPSA) is 103 Å². The molecule has 0 unspecified atom stereocenters. The molecule has 0 aliphatic carbocycles. The zero-order valence-corrected chi connectivity index (χ0v) is 14.8. The molecular weight excluding hydrogens is 326 g/mol. The summed E-state index contributed by atoms with van der Waals surface area (Å²) in [6.07, 6.45) is 0. The first-order chi connectivity index (χ1) is 11.9. The van der Waals surface area contributed by atoms with E-state index in [0.717, 1.165) is 0 Å². The number of benzene rings is 1. The summed E-state index contributed by atoms with van der Waals surface area (Å²) in [5, 5.41) is 3.81. The second-order valence-electron chi connectivity index (χ2n) is 5.67. The number of amides is 2. The Morgan fingerprint density at radius 3 is 2.12 bits per heavy atom. The summed E-state index contributed by atoms with van der Waals surface area (Å²) < 4.78 is 15.4. The van der Waals surface area contributed by atoms with Crippen molar-refractivity contribution in [3.8, 4) is 11.5 Å². The molecule has 2 N–H and O–H groups in total. The molecule has 0 saturated carbocycles. The smallest absolute Gasteiger partial charge is 0.275 e. The molecule has 0 fully saturated rings. The average molecular weight is 347 g/mol. The second kappa shape index (κ2) is 7.69. The van der Waals surface area contributed by atoms with Crippen LogP contribution in [0, 0.1) is 6.92 Å². The number of carbonyl (C=O) groups excluding carboxylic acids is 2. The van der Waals surface area contributed by atoms with Gasteiger partial charge in [0.1, 0.15) is 17.1 Å². The van der Waals surface area contributed by atoms with Crippen molar-refractivity contribution >= 4 is 11.8 Å². The van der Waals surface area contributed by atoms with Crippen molar-refractivity contribution in [3.63, 3.8) is 0 Å². The van der Waals surface area contributed by atoms with Gasteiger partial charge in [0, 0.05) is 17.5 Å². The van der Waals surface area contributed by atoms with Gasteiger partial charge in [0.2, 0.25) is 0 Å². The van der Waals surface area contributed by atoms with Crippen LogP contribution >= 0.6 is 0 Å². The van der Waals surface area contributed by atoms with Crippen LogP contribution in [0.5, 0.6) is 11.5 Å². The van der Waals surface area contributed by atoms with Crippen LogP contribution < -0.4 is 20.3 Å². The minimum absolute atomic E-state index is 0.0136. The number of rotatable bonds is 5. The van der Waals surface area contributed by atoms with Gasteiger partial charge in [-0.05, 0) is 19.1 Å². The van der Waals surface area contributed by atoms with E-state index in [2.05, 4.69) is 16.0 Å². The maximum atomic E-state index is 12.4. The van der Waals surface area contributed by atoms with Crippen molar-refractivity contribution < 1.29 is 23.6 Å². The fourth-order valence-electron chi connectivity index (χ4n) is 2.24. The molecule has 0 bridgehead atoms. The van der Waals surface area contributed by atoms with Crippen LogP contribution in [0.3, 0.4) is 0 Å². The van der Waals surface area contributed by atoms with E-state index >= 15 is 0 Å². The molecule has 0 atom stereocenters. The number of hydrazine groups is 1. The largest absolute Gasteiger partial charge is 0.497 e. The quantitative estimate of drug-likeness (QED) is 0.804. The molecule has 25 heavy (non-hydrogen) atoms. The molecule has 2 amide bonds. The van der Waals surface area contributed by atoms with Gasteiger partial charge in [-0.15, -0.1) is 0 Å². The van der Waals surface area contributed by atoms with E-state index < -0.39 is 11.8 Å². The molecule has 0 aliphatic rings. The number of aromatic nitrogens is 1. The first-order valence-electron chi connectivity index (χ1n) is 7.67. The van der Waals surface area contributed by atoms with Crippen LogP contribution in [-0.4, -0.2) is 31.2 Å². The molecule has 0 spiro atoms. The van der Waals surface area contributed by atoms with Gasteiger partial charge in [-0.2, -0.15) is 0 Å². The highest BCUT2D eigenvalue weighted by Crippen LogP contribution is 2.23. The predicted molar refractivity (Wildman–Crippen MR) is 89.8 cm³/mol. The summed E-state index contributed by atoms with van der Waals surface area (Å²) in [6, 6.07) is 4.72. The highest BCUT2D eigenvalue weighted by atomic mass is 16.5. The Kier molecular flexibility index (Phi) is 5.63. The zero-order valence-electron chi connectivity index (χ0n) is 14.8. The number of methoxy groups -OCH3 is 2. The van der Waals surface area contributed by atoms with E-state index in [1.54, 1.807) is 13.0 Å². The molecule has 1 heterocycles. The lowest BCUT2D eigenvalue weighted by Gasteiger charge is -2.10. The van der Waals surface area contributed by atoms with Gasteiger partial charge >= 0.3 is 0 Å². The summed E-state index contributed by atoms with van der Waals surface area (Å²) in [5.41, 5.74) is 5.79. The first kappa shape index (κ1) is 18.3. The van der Waals surface area contributed by atoms with Gasteiger partial charge < -0.3 is 14.0 Å². The van der Waals surface area contributed by atoms with Gasteiger partial charge in [-0.1, -0.05) is 19.0 Å². The lowest BCUT2D eigenvalue weighted by atomic mass is 10.0. The third-order valence-electron chi connectivity index (χ3n) is 3.54. The number of aryl methyl sites for hydroxylation is 1. The Bertz CT molecular complexity index is 760. The highest BCUT2D eigenvalue weighted by Gasteiger charge is 2.23. The summed E-state index contributed by atoms with van der Waals surface area (Å²) in [7, 11) is 2.97. The number of carbonyl (C=O) groups is 2. The fourth-order valence-corrected chi connectivity index (χ4v) is 2.24. The Morgan fingerprint density at radius 2 is 1.60 bits per heavy atom. The maximum absolute atomic E-state index is 12.4. The molecule has 2 rings (SSSR count). The van der Waals surface area contributed by atoms with Gasteiger partial charge in [0.15, 0.2) is 5.76 Å². The minimum Gasteiger partial charge on any atom is -0.497 e. The lowest BCUT2D eigenvalue weighted by Crippen LogP contribution is -2.42. The Morgan fingerprint density at radius 1 is 1.04 bits per heavy atom. The van der Waals surface area contributed by atoms with Crippen LogP contribution in [-0.2, 0) is 0 Å². The number of hydrogen-bond donors (Lipinski definition) is 2. The van der Waals surface area contributed by atoms with Crippen LogP contribution in [0.15, 0.2) is 22.7 Å². The monoisotopic (exact) mass is 347 g/mol. The molecule has 2 aromatic rings. The maximum Gasteiger partial charge on any atom is 0.275 e. The van der Waals surface area contributed by atoms with E-state index in [4.69, 9.17) is 14.0 Å². The van der Waals surface area contributed by atoms with Crippen molar-refractivity contribution in [1.29, 1.82) is 0 Å². The summed E-state index contributed by atoms with van der Waals surface area (Å²) in [5.74, 6) is 0.379. The van der Waals surface area contributed by atoms with Gasteiger partial charge in [0.05, 0.1) is 19.9 Å². The predicted octanol–water partition coefficient (Wildman–Crippen LogP) is 2.20. The molecular formula is C17H21N3O5. The van der Waals surface area contributed by atoms with Crippen molar-refractivity contribution in [2.45, 2.75) is 26.7 Å². The van der Waals surface area contributed by atoms with E-state index in [1.807, 2.05) is 13.8 Å². The summed E-state index contributed by atoms with van der Waals surface area (Å²) >= 11 is 0. The molecule has 8 nitrogen and oxygen atoms in total. The van der Waals surface area contributed by atoms with E-state index in [1.165, 1.54) is 26.4 Å². The minimum atomic E-state index is -0.509. The first-order valence-corrected chi connectivity index (χ1v) is 7.67. The van der Waals surface area contributed by atoms with Crippen molar-refractivity contribution in [1.82, 2.24) is 16.0 Å². The third kappa shape index (κ3) is 4.09. The van der Waals surface area contributed by atoms with Gasteiger partial charge in [-0.3, -0.25) is 20.4 Å². The number of nitrogens with one attached hydrogen (secondary N) is 2. The summed E-state index contributed by atoms with van der Waals surface area (Å²) in [4.78, 5) is 24.6. The molecule has 1 aromatic carbocycles. The molecule has 0 aliphatic heterocycles. The second-order valence-corrected chi connectivity index (χ2v) is 5.67. The highest BCUT2D eigenvalue weighted by molar-refractivity contribution is 6.00. The molecule has 134 valence electrons. The van der Waals surface area contributed by atoms with Crippen LogP contribution in [0.1, 0.15) is 51.9 Å². The number of hydrogen-bond acceptors (Lipinski definition) is 6. The van der Waals surface area contributed by atoms with Crippen molar-refractivity contribution in [3.05, 3.63) is 40.8 Å². The normalized spacial score (nSPS) is 10.5. The van der Waals surface area contributed by atoms with Crippen LogP contribution in [0.25, 0.3) is 0 Å². The SMILES string of the molecule is COc1cc(OC)cc(C(=O)NNC(=O)c2c(C)noc2C(C)C)c1. The summed E-state index contributed by atoms with van der Waals surface area (Å²) in [6.45, 7) is 5.44. The van der Waals surface area contributed by atoms with E-state index in [-0.39, 0.29) is 11.5 Å². The molecule has 8 heteroatoms. The van der Waals surface area contributed by atoms with Crippen LogP contribution in [0.2, 0.25) is 0 Å². The molecule has 1 aromatic heterocycles. The lowest BCUT2D eigenvalue weighted by molar-refractivity contribution is 0.0844. The molecule has 0 saturated heterocycles. The van der Waals surface area contributed by atoms with E-state index in [0.29, 0.717) is 28.5 Å². The third-order valence-corrected chi connectivity index (χ3v) is 3.54. The van der Waals surface area contributed by atoms with Crippen molar-refractivity contribution in [2.75, 3.05) is 14.2 Å². The Balaban J connectivity index is 2.12. The molecule has 0 radical (unpaired) electrons. The van der Waals surface area contributed by atoms with Crippen molar-refractivity contribution in [2.24, 2.45) is 0 Å². The zero-order chi connectivity index (χ0) is 18.6. The van der Waals surface area contributed by atoms with Crippen LogP contribution in [0.4, 0.5) is 0 Å². The average Bonchev–Trinajstić information content (AvgIpc) is 3.00. The Hall–Kier alpha value is -3.03. The number of nitrogens with zero attached hydrogens (tertiary/aromatic N) is 1. The standard InChI is InChI=1S/C17H21N3O5/c1-9(2)15-14(10(3)20-25-15)17(22)19-18-16(21)11-6-12(23-4)8-13(7-11)24-5/h6-9H,1-5H3,(H,18,21)(H,19,22). The number of ether oxygens (including phenoxy) is 2. The van der Waals surface area contributed by atoms with E-state index in [9.17, 15) is 9.59 Å². The fraction of sp³-hybridized carbons (Fsp3) is 0.353. The van der Waals surface area contributed by atoms with Gasteiger partial charge in [-0.25, -0.2) is 0 Å². The van der Waals surface area contributed by atoms with Gasteiger partial charge in [0.25, 0.3) is 11.8 Å². The Labute approximate surface area is 145 Å².